The number of rotatable bonds is 3. The van der Waals surface area contributed by atoms with Crippen molar-refractivity contribution in [1.82, 2.24) is 0 Å². The smallest absolute Gasteiger partial charge is 0.140 e. The van der Waals surface area contributed by atoms with E-state index in [0.717, 1.165) is 12.8 Å². The third-order valence-electron chi connectivity index (χ3n) is 2.65. The quantitative estimate of drug-likeness (QED) is 0.865. The normalized spacial score (nSPS) is 17.6. The van der Waals surface area contributed by atoms with Gasteiger partial charge in [0.05, 0.1) is 17.7 Å². The summed E-state index contributed by atoms with van der Waals surface area (Å²) >= 11 is 6.01. The highest BCUT2D eigenvalue weighted by Gasteiger charge is 2.40. The summed E-state index contributed by atoms with van der Waals surface area (Å²) in [7, 11) is 1.44. The van der Waals surface area contributed by atoms with E-state index < -0.39 is 11.4 Å². The van der Waals surface area contributed by atoms with Gasteiger partial charge in [0, 0.05) is 12.5 Å². The van der Waals surface area contributed by atoms with Gasteiger partial charge in [0.1, 0.15) is 11.6 Å². The average molecular weight is 231 g/mol. The molecule has 0 atom stereocenters. The molecular formula is C11H12ClFO2. The molecule has 0 bridgehead atoms. The highest BCUT2D eigenvalue weighted by atomic mass is 35.5. The van der Waals surface area contributed by atoms with Gasteiger partial charge in [-0.15, -0.1) is 0 Å². The van der Waals surface area contributed by atoms with Crippen molar-refractivity contribution in [2.24, 2.45) is 0 Å². The summed E-state index contributed by atoms with van der Waals surface area (Å²) in [5.41, 5.74) is -0.0730. The number of aliphatic hydroxyl groups is 1. The van der Waals surface area contributed by atoms with Crippen LogP contribution in [-0.2, 0) is 6.42 Å². The van der Waals surface area contributed by atoms with Crippen molar-refractivity contribution in [2.45, 2.75) is 24.9 Å². The van der Waals surface area contributed by atoms with Crippen LogP contribution >= 0.6 is 11.6 Å². The van der Waals surface area contributed by atoms with Crippen LogP contribution in [0, 0.1) is 5.82 Å². The standard InChI is InChI=1S/C11H12ClFO2/c1-15-9-5-8(13)4-7(10(9)12)6-11(14)2-3-11/h4-5,14H,2-3,6H2,1H3. The lowest BCUT2D eigenvalue weighted by Crippen LogP contribution is -2.11. The van der Waals surface area contributed by atoms with Crippen molar-refractivity contribution < 1.29 is 14.2 Å². The molecule has 0 amide bonds. The van der Waals surface area contributed by atoms with Gasteiger partial charge in [-0.05, 0) is 24.5 Å². The Hall–Kier alpha value is -0.800. The predicted octanol–water partition coefficient (Wildman–Crippen LogP) is 2.56. The second-order valence-electron chi connectivity index (χ2n) is 3.98. The molecule has 0 saturated heterocycles. The molecule has 0 unspecified atom stereocenters. The summed E-state index contributed by atoms with van der Waals surface area (Å²) in [6.07, 6.45) is 1.89. The zero-order valence-electron chi connectivity index (χ0n) is 8.39. The first-order chi connectivity index (χ1) is 7.04. The molecule has 2 nitrogen and oxygen atoms in total. The molecule has 0 aliphatic heterocycles. The van der Waals surface area contributed by atoms with Gasteiger partial charge < -0.3 is 9.84 Å². The fourth-order valence-corrected chi connectivity index (χ4v) is 1.82. The molecule has 0 heterocycles. The minimum absolute atomic E-state index is 0.316. The van der Waals surface area contributed by atoms with Crippen molar-refractivity contribution in [2.75, 3.05) is 7.11 Å². The predicted molar refractivity (Wildman–Crippen MR) is 55.8 cm³/mol. The molecule has 82 valence electrons. The highest BCUT2D eigenvalue weighted by molar-refractivity contribution is 6.32. The maximum absolute atomic E-state index is 13.2. The molecule has 2 rings (SSSR count). The number of hydrogen-bond donors (Lipinski definition) is 1. The fraction of sp³-hybridized carbons (Fsp3) is 0.455. The minimum Gasteiger partial charge on any atom is -0.495 e. The molecule has 0 radical (unpaired) electrons. The van der Waals surface area contributed by atoms with Crippen LogP contribution in [0.1, 0.15) is 18.4 Å². The van der Waals surface area contributed by atoms with Gasteiger partial charge in [-0.25, -0.2) is 4.39 Å². The lowest BCUT2D eigenvalue weighted by atomic mass is 10.1. The van der Waals surface area contributed by atoms with Crippen LogP contribution in [-0.4, -0.2) is 17.8 Å². The third kappa shape index (κ3) is 2.24. The van der Waals surface area contributed by atoms with E-state index in [4.69, 9.17) is 16.3 Å². The topological polar surface area (TPSA) is 29.5 Å². The van der Waals surface area contributed by atoms with Crippen LogP contribution in [0.4, 0.5) is 4.39 Å². The molecule has 1 fully saturated rings. The summed E-state index contributed by atoms with van der Waals surface area (Å²) in [6.45, 7) is 0. The second-order valence-corrected chi connectivity index (χ2v) is 4.36. The van der Waals surface area contributed by atoms with Crippen LogP contribution in [0.3, 0.4) is 0 Å². The van der Waals surface area contributed by atoms with E-state index in [1.54, 1.807) is 0 Å². The van der Waals surface area contributed by atoms with Gasteiger partial charge in [0.15, 0.2) is 0 Å². The maximum Gasteiger partial charge on any atom is 0.140 e. The minimum atomic E-state index is -0.678. The molecule has 1 aliphatic carbocycles. The van der Waals surface area contributed by atoms with E-state index in [-0.39, 0.29) is 0 Å². The third-order valence-corrected chi connectivity index (χ3v) is 3.07. The van der Waals surface area contributed by atoms with Crippen molar-refractivity contribution in [3.05, 3.63) is 28.5 Å². The Morgan fingerprint density at radius 3 is 2.73 bits per heavy atom. The summed E-state index contributed by atoms with van der Waals surface area (Å²) in [5.74, 6) is -0.0774. The van der Waals surface area contributed by atoms with Gasteiger partial charge in [-0.3, -0.25) is 0 Å². The molecule has 4 heteroatoms. The monoisotopic (exact) mass is 230 g/mol. The second kappa shape index (κ2) is 3.65. The lowest BCUT2D eigenvalue weighted by Gasteiger charge is -2.12. The van der Waals surface area contributed by atoms with E-state index in [2.05, 4.69) is 0 Å². The van der Waals surface area contributed by atoms with Crippen molar-refractivity contribution in [3.8, 4) is 5.75 Å². The largest absolute Gasteiger partial charge is 0.495 e. The summed E-state index contributed by atoms with van der Waals surface area (Å²) in [6, 6.07) is 2.59. The molecular weight excluding hydrogens is 219 g/mol. The molecule has 0 aromatic heterocycles. The first-order valence-electron chi connectivity index (χ1n) is 4.78. The molecule has 1 aromatic rings. The number of methoxy groups -OCH3 is 1. The summed E-state index contributed by atoms with van der Waals surface area (Å²) in [4.78, 5) is 0. The van der Waals surface area contributed by atoms with E-state index in [1.165, 1.54) is 19.2 Å². The van der Waals surface area contributed by atoms with Gasteiger partial charge in [-0.1, -0.05) is 11.6 Å². The van der Waals surface area contributed by atoms with E-state index >= 15 is 0 Å². The van der Waals surface area contributed by atoms with Crippen LogP contribution in [0.5, 0.6) is 5.75 Å². The Labute approximate surface area is 92.6 Å². The van der Waals surface area contributed by atoms with Crippen LogP contribution in [0.2, 0.25) is 5.02 Å². The van der Waals surface area contributed by atoms with Gasteiger partial charge in [-0.2, -0.15) is 0 Å². The lowest BCUT2D eigenvalue weighted by molar-refractivity contribution is 0.151. The Morgan fingerprint density at radius 1 is 1.53 bits per heavy atom. The highest BCUT2D eigenvalue weighted by Crippen LogP contribution is 2.41. The molecule has 1 aromatic carbocycles. The number of halogens is 2. The van der Waals surface area contributed by atoms with Gasteiger partial charge >= 0.3 is 0 Å². The zero-order chi connectivity index (χ0) is 11.1. The zero-order valence-corrected chi connectivity index (χ0v) is 9.14. The summed E-state index contributed by atoms with van der Waals surface area (Å²) in [5, 5.41) is 10.1. The first-order valence-corrected chi connectivity index (χ1v) is 5.16. The molecule has 1 saturated carbocycles. The SMILES string of the molecule is COc1cc(F)cc(CC2(O)CC2)c1Cl. The molecule has 0 spiro atoms. The number of ether oxygens (including phenoxy) is 1. The Kier molecular flexibility index (Phi) is 2.61. The van der Waals surface area contributed by atoms with Crippen LogP contribution in [0.25, 0.3) is 0 Å². The van der Waals surface area contributed by atoms with Crippen LogP contribution < -0.4 is 4.74 Å². The van der Waals surface area contributed by atoms with E-state index in [9.17, 15) is 9.50 Å². The van der Waals surface area contributed by atoms with Gasteiger partial charge in [0.2, 0.25) is 0 Å². The van der Waals surface area contributed by atoms with E-state index in [0.29, 0.717) is 22.8 Å². The molecule has 1 aliphatic rings. The van der Waals surface area contributed by atoms with Crippen molar-refractivity contribution in [3.63, 3.8) is 0 Å². The molecule has 15 heavy (non-hydrogen) atoms. The fourth-order valence-electron chi connectivity index (χ4n) is 1.57. The van der Waals surface area contributed by atoms with Crippen molar-refractivity contribution in [1.29, 1.82) is 0 Å². The Bertz CT molecular complexity index is 388. The average Bonchev–Trinajstić information content (AvgIpc) is 2.89. The summed E-state index contributed by atoms with van der Waals surface area (Å²) < 4.78 is 18.1. The van der Waals surface area contributed by atoms with Crippen LogP contribution in [0.15, 0.2) is 12.1 Å². The van der Waals surface area contributed by atoms with Crippen molar-refractivity contribution >= 4 is 11.6 Å². The maximum atomic E-state index is 13.2. The number of hydrogen-bond acceptors (Lipinski definition) is 2. The number of benzene rings is 1. The van der Waals surface area contributed by atoms with Gasteiger partial charge in [0.25, 0.3) is 0 Å². The Morgan fingerprint density at radius 2 is 2.20 bits per heavy atom. The Balaban J connectivity index is 2.32. The molecule has 1 N–H and O–H groups in total. The first kappa shape index (κ1) is 10.7. The van der Waals surface area contributed by atoms with E-state index in [1.807, 2.05) is 0 Å².